The van der Waals surface area contributed by atoms with Gasteiger partial charge in [-0.05, 0) is 25.7 Å². The molecule has 1 fully saturated rings. The van der Waals surface area contributed by atoms with Crippen LogP contribution in [0.5, 0.6) is 0 Å². The third kappa shape index (κ3) is 18.5. The minimum Gasteiger partial charge on any atom is -0.353 e. The van der Waals surface area contributed by atoms with Crippen molar-refractivity contribution in [2.45, 2.75) is 136 Å². The minimum atomic E-state index is 0.103. The molecule has 1 aliphatic heterocycles. The molecule has 152 valence electrons. The van der Waals surface area contributed by atoms with Gasteiger partial charge in [0.1, 0.15) is 0 Å². The molecule has 0 saturated carbocycles. The molecule has 0 bridgehead atoms. The van der Waals surface area contributed by atoms with Gasteiger partial charge >= 0.3 is 0 Å². The number of hydrogen-bond donors (Lipinski definition) is 0. The van der Waals surface area contributed by atoms with Crippen molar-refractivity contribution in [3.63, 3.8) is 0 Å². The first kappa shape index (κ1) is 24.9. The Morgan fingerprint density at radius 3 is 1.60 bits per heavy atom. The van der Waals surface area contributed by atoms with Crippen LogP contribution < -0.4 is 0 Å². The van der Waals surface area contributed by atoms with E-state index in [0.717, 1.165) is 19.6 Å². The van der Waals surface area contributed by atoms with E-state index in [-0.39, 0.29) is 6.29 Å². The first-order valence-corrected chi connectivity index (χ1v) is 11.7. The Labute approximate surface area is 159 Å². The van der Waals surface area contributed by atoms with Crippen LogP contribution in [0.1, 0.15) is 130 Å². The average Bonchev–Trinajstić information content (AvgIpc) is 2.67. The molecule has 1 atom stereocenters. The molecule has 0 aromatic carbocycles. The van der Waals surface area contributed by atoms with Crippen molar-refractivity contribution in [1.29, 1.82) is 0 Å². The zero-order valence-corrected chi connectivity index (χ0v) is 17.8. The largest absolute Gasteiger partial charge is 0.353 e. The van der Waals surface area contributed by atoms with E-state index in [9.17, 15) is 0 Å². The Balaban J connectivity index is 0.00000277. The fourth-order valence-electron chi connectivity index (χ4n) is 3.35. The van der Waals surface area contributed by atoms with Gasteiger partial charge in [-0.3, -0.25) is 0 Å². The Bertz CT molecular complexity index is 224. The number of ether oxygens (including phenoxy) is 2. The maximum atomic E-state index is 5.77. The summed E-state index contributed by atoms with van der Waals surface area (Å²) in [5, 5.41) is 0. The molecule has 0 aromatic rings. The molecule has 1 heterocycles. The van der Waals surface area contributed by atoms with Crippen LogP contribution >= 0.6 is 0 Å². The highest BCUT2D eigenvalue weighted by Gasteiger charge is 2.13. The molecule has 0 amide bonds. The first-order chi connectivity index (χ1) is 12.4. The lowest BCUT2D eigenvalue weighted by Gasteiger charge is -2.22. The molecule has 2 nitrogen and oxygen atoms in total. The van der Waals surface area contributed by atoms with Crippen molar-refractivity contribution in [3.8, 4) is 0 Å². The highest BCUT2D eigenvalue weighted by atomic mass is 16.7. The first-order valence-electron chi connectivity index (χ1n) is 11.7. The average molecular weight is 357 g/mol. The molecule has 0 radical (unpaired) electrons. The van der Waals surface area contributed by atoms with Gasteiger partial charge in [0.2, 0.25) is 0 Å². The van der Waals surface area contributed by atoms with E-state index in [1.54, 1.807) is 0 Å². The van der Waals surface area contributed by atoms with Crippen LogP contribution in [0.4, 0.5) is 0 Å². The minimum absolute atomic E-state index is 0.103. The van der Waals surface area contributed by atoms with Gasteiger partial charge in [-0.25, -0.2) is 0 Å². The normalized spacial score (nSPS) is 17.2. The van der Waals surface area contributed by atoms with E-state index in [1.165, 1.54) is 103 Å². The molecule has 1 unspecified atom stereocenters. The smallest absolute Gasteiger partial charge is 0.157 e. The van der Waals surface area contributed by atoms with Crippen LogP contribution in [0, 0.1) is 0 Å². The second-order valence-corrected chi connectivity index (χ2v) is 7.26. The lowest BCUT2D eigenvalue weighted by molar-refractivity contribution is -0.162. The molecule has 1 aliphatic rings. The van der Waals surface area contributed by atoms with Gasteiger partial charge in [0.25, 0.3) is 0 Å². The fraction of sp³-hybridized carbons (Fsp3) is 1.00. The molecule has 1 saturated heterocycles. The van der Waals surface area contributed by atoms with E-state index in [0.29, 0.717) is 0 Å². The number of unbranched alkanes of at least 4 members (excludes halogenated alkanes) is 13. The summed E-state index contributed by atoms with van der Waals surface area (Å²) in [6.07, 6.45) is 23.4. The van der Waals surface area contributed by atoms with Gasteiger partial charge in [0.15, 0.2) is 6.29 Å². The molecule has 0 N–H and O–H groups in total. The Morgan fingerprint density at radius 1 is 0.680 bits per heavy atom. The lowest BCUT2D eigenvalue weighted by atomic mass is 10.0. The maximum Gasteiger partial charge on any atom is 0.157 e. The summed E-state index contributed by atoms with van der Waals surface area (Å²) in [5.41, 5.74) is 0. The van der Waals surface area contributed by atoms with Gasteiger partial charge in [-0.15, -0.1) is 0 Å². The van der Waals surface area contributed by atoms with Gasteiger partial charge in [-0.1, -0.05) is 104 Å². The topological polar surface area (TPSA) is 18.5 Å². The van der Waals surface area contributed by atoms with Crippen LogP contribution in [0.3, 0.4) is 0 Å². The highest BCUT2D eigenvalue weighted by molar-refractivity contribution is 4.54. The van der Waals surface area contributed by atoms with Gasteiger partial charge in [0.05, 0.1) is 0 Å². The van der Waals surface area contributed by atoms with Gasteiger partial charge in [0, 0.05) is 13.2 Å². The summed E-state index contributed by atoms with van der Waals surface area (Å²) in [6.45, 7) is 8.07. The summed E-state index contributed by atoms with van der Waals surface area (Å²) >= 11 is 0. The third-order valence-electron chi connectivity index (χ3n) is 4.94. The van der Waals surface area contributed by atoms with E-state index in [1.807, 2.05) is 13.8 Å². The van der Waals surface area contributed by atoms with Crippen LogP contribution in [-0.2, 0) is 9.47 Å². The summed E-state index contributed by atoms with van der Waals surface area (Å²) in [6, 6.07) is 0. The van der Waals surface area contributed by atoms with Crippen molar-refractivity contribution in [3.05, 3.63) is 0 Å². The maximum absolute atomic E-state index is 5.77. The molecule has 1 rings (SSSR count). The van der Waals surface area contributed by atoms with Crippen LogP contribution in [0.15, 0.2) is 0 Å². The molecular formula is C23H48O2. The zero-order chi connectivity index (χ0) is 18.4. The fourth-order valence-corrected chi connectivity index (χ4v) is 3.35. The Hall–Kier alpha value is -0.0800. The van der Waals surface area contributed by atoms with Crippen LogP contribution in [0.2, 0.25) is 0 Å². The van der Waals surface area contributed by atoms with Crippen molar-refractivity contribution in [2.24, 2.45) is 0 Å². The Morgan fingerprint density at radius 2 is 1.16 bits per heavy atom. The summed E-state index contributed by atoms with van der Waals surface area (Å²) < 4.78 is 11.3. The zero-order valence-electron chi connectivity index (χ0n) is 17.8. The molecular weight excluding hydrogens is 308 g/mol. The van der Waals surface area contributed by atoms with Crippen LogP contribution in [-0.4, -0.2) is 19.5 Å². The Kier molecular flexibility index (Phi) is 21.9. The standard InChI is InChI=1S/C21H42O2.C2H6/c1-2-3-4-5-6-7-8-9-10-11-12-13-14-16-19-22-21-18-15-17-20-23-21;1-2/h21H,2-20H2,1H3;1-2H3. The van der Waals surface area contributed by atoms with Crippen molar-refractivity contribution < 1.29 is 9.47 Å². The monoisotopic (exact) mass is 356 g/mol. The second-order valence-electron chi connectivity index (χ2n) is 7.26. The second kappa shape index (κ2) is 22.0. The van der Waals surface area contributed by atoms with E-state index < -0.39 is 0 Å². The summed E-state index contributed by atoms with van der Waals surface area (Å²) in [5.74, 6) is 0. The molecule has 2 heteroatoms. The van der Waals surface area contributed by atoms with Gasteiger partial charge < -0.3 is 9.47 Å². The van der Waals surface area contributed by atoms with Crippen molar-refractivity contribution in [1.82, 2.24) is 0 Å². The number of rotatable bonds is 16. The molecule has 0 spiro atoms. The summed E-state index contributed by atoms with van der Waals surface area (Å²) in [4.78, 5) is 0. The van der Waals surface area contributed by atoms with Gasteiger partial charge in [-0.2, -0.15) is 0 Å². The van der Waals surface area contributed by atoms with Crippen LogP contribution in [0.25, 0.3) is 0 Å². The molecule has 25 heavy (non-hydrogen) atoms. The predicted octanol–water partition coefficient (Wildman–Crippen LogP) is 8.04. The van der Waals surface area contributed by atoms with Crippen molar-refractivity contribution >= 4 is 0 Å². The molecule has 0 aliphatic carbocycles. The molecule has 0 aromatic heterocycles. The van der Waals surface area contributed by atoms with E-state index in [4.69, 9.17) is 9.47 Å². The quantitative estimate of drug-likeness (QED) is 0.260. The number of hydrogen-bond acceptors (Lipinski definition) is 2. The lowest BCUT2D eigenvalue weighted by Crippen LogP contribution is -2.22. The third-order valence-corrected chi connectivity index (χ3v) is 4.94. The predicted molar refractivity (Wildman–Crippen MR) is 111 cm³/mol. The van der Waals surface area contributed by atoms with E-state index in [2.05, 4.69) is 6.92 Å². The van der Waals surface area contributed by atoms with Crippen molar-refractivity contribution in [2.75, 3.05) is 13.2 Å². The highest BCUT2D eigenvalue weighted by Crippen LogP contribution is 2.15. The van der Waals surface area contributed by atoms with E-state index >= 15 is 0 Å². The summed E-state index contributed by atoms with van der Waals surface area (Å²) in [7, 11) is 0. The SMILES string of the molecule is CC.CCCCCCCCCCCCCCCCOC1CCCCO1.